The highest BCUT2D eigenvalue weighted by molar-refractivity contribution is 7.61. The topological polar surface area (TPSA) is 265 Å². The number of nitrogens with two attached hydrogens (primary N) is 1. The van der Waals surface area contributed by atoms with E-state index >= 15 is 0 Å². The second-order valence-electron chi connectivity index (χ2n) is 17.3. The van der Waals surface area contributed by atoms with Crippen LogP contribution in [0.1, 0.15) is 174 Å². The van der Waals surface area contributed by atoms with Gasteiger partial charge >= 0.3 is 33.3 Å². The third-order valence-electron chi connectivity index (χ3n) is 11.1. The lowest BCUT2D eigenvalue weighted by Gasteiger charge is -2.21. The van der Waals surface area contributed by atoms with Gasteiger partial charge in [-0.05, 0) is 83.1 Å². The first-order chi connectivity index (χ1) is 33.7. The minimum atomic E-state index is -5.44. The number of ether oxygens (including phenoxy) is 3. The first kappa shape index (κ1) is 62.6. The van der Waals surface area contributed by atoms with E-state index in [9.17, 15) is 43.5 Å². The van der Waals surface area contributed by atoms with E-state index in [2.05, 4.69) is 71.8 Å². The van der Waals surface area contributed by atoms with Gasteiger partial charge < -0.3 is 39.9 Å². The van der Waals surface area contributed by atoms with Gasteiger partial charge in [0.2, 0.25) is 0 Å². The van der Waals surface area contributed by atoms with Gasteiger partial charge in [-0.1, -0.05) is 139 Å². The van der Waals surface area contributed by atoms with Crippen LogP contribution in [0.5, 0.6) is 0 Å². The summed E-state index contributed by atoms with van der Waals surface area (Å²) in [6, 6.07) is 1.24. The van der Waals surface area contributed by atoms with Crippen molar-refractivity contribution in [2.75, 3.05) is 25.6 Å². The number of aliphatic hydroxyl groups is 2. The van der Waals surface area contributed by atoms with E-state index in [0.29, 0.717) is 19.3 Å². The highest BCUT2D eigenvalue weighted by Gasteiger charge is 2.46. The Morgan fingerprint density at radius 2 is 1.17 bits per heavy atom. The molecule has 70 heavy (non-hydrogen) atoms. The van der Waals surface area contributed by atoms with Gasteiger partial charge in [0.25, 0.3) is 0 Å². The summed E-state index contributed by atoms with van der Waals surface area (Å²) < 4.78 is 56.7. The van der Waals surface area contributed by atoms with Crippen molar-refractivity contribution < 1.29 is 66.3 Å². The molecule has 2 rings (SSSR count). The number of anilines is 1. The molecule has 1 saturated heterocycles. The summed E-state index contributed by atoms with van der Waals surface area (Å²) in [5, 5.41) is 20.9. The number of nitrogens with zero attached hydrogens (tertiary/aromatic N) is 2. The van der Waals surface area contributed by atoms with Gasteiger partial charge in [0.15, 0.2) is 12.3 Å². The quantitative estimate of drug-likeness (QED) is 0.0177. The molecule has 0 aromatic carbocycles. The van der Waals surface area contributed by atoms with Crippen molar-refractivity contribution in [3.63, 3.8) is 0 Å². The Morgan fingerprint density at radius 1 is 0.686 bits per heavy atom. The number of phosphoric ester groups is 2. The number of hydrogen-bond donors (Lipinski definition) is 5. The normalized spacial score (nSPS) is 19.7. The van der Waals surface area contributed by atoms with Gasteiger partial charge in [0.1, 0.15) is 30.7 Å². The third-order valence-corrected chi connectivity index (χ3v) is 13.7. The lowest BCUT2D eigenvalue weighted by atomic mass is 10.1. The number of aliphatic hydroxyl groups excluding tert-OH is 2. The van der Waals surface area contributed by atoms with Crippen LogP contribution >= 0.6 is 15.6 Å². The maximum atomic E-state index is 12.8. The number of carbonyl (C=O) groups is 2. The monoisotopic (exact) mass is 1030 g/mol. The SMILES string of the molecule is CCCCCC=CCC=CCC=CCC=CCCCC(=O)O[C@H](COC(=O)CCCCCCCCCC=CCCCCCC)COP(=O)(O)OP(=O)(O)OC[C@H]1O[C@@H](n2ccc(N)nc2=O)C(O)[C@H]1O. The molecule has 0 amide bonds. The molecule has 20 heteroatoms. The fourth-order valence-electron chi connectivity index (χ4n) is 7.12. The highest BCUT2D eigenvalue weighted by Crippen LogP contribution is 2.60. The van der Waals surface area contributed by atoms with Gasteiger partial charge in [0.05, 0.1) is 13.2 Å². The molecule has 6 N–H and O–H groups in total. The lowest BCUT2D eigenvalue weighted by molar-refractivity contribution is -0.161. The van der Waals surface area contributed by atoms with Crippen molar-refractivity contribution in [2.45, 2.75) is 199 Å². The maximum Gasteiger partial charge on any atom is 0.481 e. The minimum absolute atomic E-state index is 0.0284. The molecule has 0 spiro atoms. The van der Waals surface area contributed by atoms with Gasteiger partial charge in [-0.25, -0.2) is 13.9 Å². The summed E-state index contributed by atoms with van der Waals surface area (Å²) in [6.07, 6.45) is 37.3. The Bertz CT molecular complexity index is 1910. The van der Waals surface area contributed by atoms with Crippen LogP contribution in [0.4, 0.5) is 5.82 Å². The molecule has 1 aromatic heterocycles. The zero-order valence-electron chi connectivity index (χ0n) is 41.6. The largest absolute Gasteiger partial charge is 0.481 e. The van der Waals surface area contributed by atoms with E-state index in [-0.39, 0.29) is 18.7 Å². The molecule has 0 bridgehead atoms. The van der Waals surface area contributed by atoms with Gasteiger partial charge in [-0.15, -0.1) is 0 Å². The van der Waals surface area contributed by atoms with Gasteiger partial charge in [0, 0.05) is 19.0 Å². The molecule has 0 aliphatic carbocycles. The second-order valence-corrected chi connectivity index (χ2v) is 20.4. The molecular formula is C50H83N3O15P2. The van der Waals surface area contributed by atoms with E-state index < -0.39 is 83.7 Å². The maximum absolute atomic E-state index is 12.8. The van der Waals surface area contributed by atoms with Crippen LogP contribution in [0, 0.1) is 0 Å². The molecular weight excluding hydrogens is 945 g/mol. The third kappa shape index (κ3) is 30.4. The van der Waals surface area contributed by atoms with Crippen molar-refractivity contribution in [1.29, 1.82) is 0 Å². The van der Waals surface area contributed by atoms with Crippen molar-refractivity contribution in [2.24, 2.45) is 0 Å². The summed E-state index contributed by atoms with van der Waals surface area (Å²) in [6.45, 7) is 2.06. The van der Waals surface area contributed by atoms with Crippen molar-refractivity contribution in [3.05, 3.63) is 83.5 Å². The molecule has 1 fully saturated rings. The average molecular weight is 1030 g/mol. The first-order valence-corrected chi connectivity index (χ1v) is 28.3. The number of nitrogen functional groups attached to an aromatic ring is 1. The fourth-order valence-corrected chi connectivity index (χ4v) is 9.23. The minimum Gasteiger partial charge on any atom is -0.462 e. The van der Waals surface area contributed by atoms with E-state index in [4.69, 9.17) is 29.0 Å². The van der Waals surface area contributed by atoms with Crippen LogP contribution in [0.25, 0.3) is 0 Å². The molecule has 0 saturated carbocycles. The summed E-state index contributed by atoms with van der Waals surface area (Å²) >= 11 is 0. The van der Waals surface area contributed by atoms with Crippen LogP contribution in [0.3, 0.4) is 0 Å². The van der Waals surface area contributed by atoms with Gasteiger partial charge in [-0.3, -0.25) is 23.2 Å². The van der Waals surface area contributed by atoms with Crippen molar-refractivity contribution in [3.8, 4) is 0 Å². The molecule has 0 radical (unpaired) electrons. The number of allylic oxidation sites excluding steroid dienone is 10. The van der Waals surface area contributed by atoms with Gasteiger partial charge in [-0.2, -0.15) is 9.29 Å². The lowest BCUT2D eigenvalue weighted by Crippen LogP contribution is -2.36. The molecule has 1 aliphatic rings. The summed E-state index contributed by atoms with van der Waals surface area (Å²) in [5.74, 6) is -1.37. The summed E-state index contributed by atoms with van der Waals surface area (Å²) in [4.78, 5) is 61.9. The number of phosphoric acid groups is 2. The van der Waals surface area contributed by atoms with E-state index in [0.717, 1.165) is 87.8 Å². The fraction of sp³-hybridized carbons (Fsp3) is 0.680. The Labute approximate surface area is 415 Å². The standard InChI is InChI=1S/C50H83N3O15P2/c1-3-5-7-9-11-13-15-17-19-20-22-24-26-28-30-32-34-36-46(55)66-42(39-63-45(54)35-33-31-29-27-25-23-21-18-16-14-12-10-8-6-4-2)40-64-69(59,60)68-70(61,62)65-41-43-47(56)48(57)49(67-43)53-38-37-44(51)52-50(53)58/h11,13-14,16-17,19,22,24,28,30,37-38,42-43,47-49,56-57H,3-10,12,15,18,20-21,23,25-27,29,31-36,39-41H2,1-2H3,(H,59,60)(H,61,62)(H2,51,52,58)/t42-,43-,47+,48?,49-/m1/s1. The summed E-state index contributed by atoms with van der Waals surface area (Å²) in [5.41, 5.74) is 4.58. The first-order valence-electron chi connectivity index (χ1n) is 25.3. The number of unbranched alkanes of at least 4 members (excludes halogenated alkanes) is 15. The van der Waals surface area contributed by atoms with Crippen LogP contribution in [-0.2, 0) is 46.3 Å². The Kier molecular flexibility index (Phi) is 34.1. The van der Waals surface area contributed by atoms with Crippen LogP contribution in [0.2, 0.25) is 0 Å². The van der Waals surface area contributed by atoms with Crippen molar-refractivity contribution in [1.82, 2.24) is 9.55 Å². The van der Waals surface area contributed by atoms with Crippen molar-refractivity contribution >= 4 is 33.4 Å². The number of rotatable bonds is 41. The summed E-state index contributed by atoms with van der Waals surface area (Å²) in [7, 11) is -10.9. The Balaban J connectivity index is 1.83. The van der Waals surface area contributed by atoms with Crippen LogP contribution < -0.4 is 11.4 Å². The molecule has 18 nitrogen and oxygen atoms in total. The zero-order chi connectivity index (χ0) is 51.3. The predicted molar refractivity (Wildman–Crippen MR) is 270 cm³/mol. The number of esters is 2. The van der Waals surface area contributed by atoms with Crippen LogP contribution in [0.15, 0.2) is 77.8 Å². The number of hydrogen-bond acceptors (Lipinski definition) is 15. The zero-order valence-corrected chi connectivity index (χ0v) is 43.3. The molecule has 398 valence electrons. The highest BCUT2D eigenvalue weighted by atomic mass is 31.3. The number of aromatic nitrogens is 2. The number of carbonyl (C=O) groups excluding carboxylic acids is 2. The van der Waals surface area contributed by atoms with E-state index in [1.165, 1.54) is 51.0 Å². The van der Waals surface area contributed by atoms with Crippen LogP contribution in [-0.4, -0.2) is 85.7 Å². The molecule has 3 unspecified atom stereocenters. The average Bonchev–Trinajstić information content (AvgIpc) is 3.59. The molecule has 1 aromatic rings. The Morgan fingerprint density at radius 3 is 1.77 bits per heavy atom. The van der Waals surface area contributed by atoms with E-state index in [1.807, 2.05) is 12.2 Å². The molecule has 1 aliphatic heterocycles. The predicted octanol–water partition coefficient (Wildman–Crippen LogP) is 10.3. The smallest absolute Gasteiger partial charge is 0.462 e. The van der Waals surface area contributed by atoms with E-state index in [1.54, 1.807) is 0 Å². The molecule has 2 heterocycles. The molecule has 7 atom stereocenters. The Hall–Kier alpha value is -3.54. The second kappa shape index (κ2) is 38.1.